The van der Waals surface area contributed by atoms with Crippen molar-refractivity contribution < 1.29 is 27.8 Å². The van der Waals surface area contributed by atoms with Crippen molar-refractivity contribution in [3.05, 3.63) is 0 Å². The second-order valence-electron chi connectivity index (χ2n) is 3.17. The largest absolute Gasteiger partial charge is 0.464 e. The van der Waals surface area contributed by atoms with E-state index in [1.807, 2.05) is 6.92 Å². The number of alkyl halides is 3. The van der Waals surface area contributed by atoms with Gasteiger partial charge in [-0.2, -0.15) is 13.2 Å². The molecule has 90 valence electrons. The molecule has 1 N–H and O–H groups in total. The molecule has 15 heavy (non-hydrogen) atoms. The molecule has 0 amide bonds. The van der Waals surface area contributed by atoms with Crippen LogP contribution < -0.4 is 0 Å². The molecule has 0 aromatic rings. The molecule has 6 heteroatoms. The average Bonchev–Trinajstić information content (AvgIpc) is 2.14. The lowest BCUT2D eigenvalue weighted by Gasteiger charge is -2.13. The molecule has 0 aliphatic rings. The van der Waals surface area contributed by atoms with Gasteiger partial charge >= 0.3 is 12.1 Å². The standard InChI is InChI=1S/C9H15F3O3/c1-2-3-4-5-6-15-8(14)7(13)9(10,11)12/h7,13H,2-6H2,1H3. The first-order valence-electron chi connectivity index (χ1n) is 4.81. The van der Waals surface area contributed by atoms with E-state index in [2.05, 4.69) is 4.74 Å². The van der Waals surface area contributed by atoms with Gasteiger partial charge in [-0.3, -0.25) is 0 Å². The van der Waals surface area contributed by atoms with Crippen LogP contribution in [0.15, 0.2) is 0 Å². The number of carbonyl (C=O) groups excluding carboxylic acids is 1. The lowest BCUT2D eigenvalue weighted by atomic mass is 10.2. The number of aliphatic hydroxyl groups excluding tert-OH is 1. The summed E-state index contributed by atoms with van der Waals surface area (Å²) in [4.78, 5) is 10.6. The van der Waals surface area contributed by atoms with E-state index in [1.165, 1.54) is 0 Å². The molecule has 0 aliphatic carbocycles. The SMILES string of the molecule is CCCCCCOC(=O)C(O)C(F)(F)F. The molecule has 0 saturated carbocycles. The summed E-state index contributed by atoms with van der Waals surface area (Å²) in [5.41, 5.74) is 0. The zero-order chi connectivity index (χ0) is 11.9. The number of carbonyl (C=O) groups is 1. The normalized spacial score (nSPS) is 13.7. The Balaban J connectivity index is 3.66. The van der Waals surface area contributed by atoms with Gasteiger partial charge in [0.2, 0.25) is 6.10 Å². The fourth-order valence-electron chi connectivity index (χ4n) is 0.914. The van der Waals surface area contributed by atoms with E-state index >= 15 is 0 Å². The predicted octanol–water partition coefficient (Wildman–Crippen LogP) is 2.03. The van der Waals surface area contributed by atoms with Crippen molar-refractivity contribution in [2.45, 2.75) is 44.9 Å². The second-order valence-corrected chi connectivity index (χ2v) is 3.17. The summed E-state index contributed by atoms with van der Waals surface area (Å²) in [5, 5.41) is 8.46. The summed E-state index contributed by atoms with van der Waals surface area (Å²) in [6, 6.07) is 0. The minimum absolute atomic E-state index is 0.0774. The molecule has 0 bridgehead atoms. The van der Waals surface area contributed by atoms with Crippen LogP contribution in [0.3, 0.4) is 0 Å². The zero-order valence-corrected chi connectivity index (χ0v) is 8.51. The van der Waals surface area contributed by atoms with Crippen LogP contribution in [0.25, 0.3) is 0 Å². The van der Waals surface area contributed by atoms with Gasteiger partial charge in [0.25, 0.3) is 0 Å². The number of halogens is 3. The highest BCUT2D eigenvalue weighted by atomic mass is 19.4. The van der Waals surface area contributed by atoms with Gasteiger partial charge in [0, 0.05) is 0 Å². The average molecular weight is 228 g/mol. The number of hydrogen-bond acceptors (Lipinski definition) is 3. The fourth-order valence-corrected chi connectivity index (χ4v) is 0.914. The van der Waals surface area contributed by atoms with Crippen LogP contribution in [0, 0.1) is 0 Å². The maximum atomic E-state index is 11.8. The molecular formula is C9H15F3O3. The van der Waals surface area contributed by atoms with Gasteiger partial charge in [-0.25, -0.2) is 4.79 Å². The molecule has 0 aromatic carbocycles. The molecule has 0 fully saturated rings. The topological polar surface area (TPSA) is 46.5 Å². The van der Waals surface area contributed by atoms with E-state index < -0.39 is 18.2 Å². The van der Waals surface area contributed by atoms with Gasteiger partial charge in [-0.1, -0.05) is 26.2 Å². The zero-order valence-electron chi connectivity index (χ0n) is 8.51. The Morgan fingerprint density at radius 1 is 1.33 bits per heavy atom. The highest BCUT2D eigenvalue weighted by Crippen LogP contribution is 2.20. The Hall–Kier alpha value is -0.780. The Morgan fingerprint density at radius 3 is 2.40 bits per heavy atom. The van der Waals surface area contributed by atoms with E-state index in [9.17, 15) is 18.0 Å². The van der Waals surface area contributed by atoms with Crippen LogP contribution >= 0.6 is 0 Å². The van der Waals surface area contributed by atoms with Crippen molar-refractivity contribution in [1.29, 1.82) is 0 Å². The van der Waals surface area contributed by atoms with Crippen LogP contribution in [-0.2, 0) is 9.53 Å². The predicted molar refractivity (Wildman–Crippen MR) is 47.2 cm³/mol. The number of ether oxygens (including phenoxy) is 1. The van der Waals surface area contributed by atoms with Crippen LogP contribution in [-0.4, -0.2) is 30.0 Å². The lowest BCUT2D eigenvalue weighted by Crippen LogP contribution is -2.37. The molecule has 1 atom stereocenters. The summed E-state index contributed by atoms with van der Waals surface area (Å²) in [6.07, 6.45) is -4.72. The monoisotopic (exact) mass is 228 g/mol. The molecule has 3 nitrogen and oxygen atoms in total. The first kappa shape index (κ1) is 14.2. The Bertz CT molecular complexity index is 192. The summed E-state index contributed by atoms with van der Waals surface area (Å²) in [5.74, 6) is -1.63. The van der Waals surface area contributed by atoms with Crippen molar-refractivity contribution in [3.8, 4) is 0 Å². The quantitative estimate of drug-likeness (QED) is 0.559. The Labute approximate surface area is 86.2 Å². The highest BCUT2D eigenvalue weighted by Gasteiger charge is 2.44. The van der Waals surface area contributed by atoms with Gasteiger partial charge in [0.1, 0.15) is 0 Å². The Kier molecular flexibility index (Phi) is 6.31. The van der Waals surface area contributed by atoms with Crippen molar-refractivity contribution in [2.24, 2.45) is 0 Å². The number of unbranched alkanes of at least 4 members (excludes halogenated alkanes) is 3. The van der Waals surface area contributed by atoms with Gasteiger partial charge in [-0.15, -0.1) is 0 Å². The van der Waals surface area contributed by atoms with Crippen LogP contribution in [0.4, 0.5) is 13.2 Å². The fraction of sp³-hybridized carbons (Fsp3) is 0.889. The van der Waals surface area contributed by atoms with Crippen molar-refractivity contribution in [2.75, 3.05) is 6.61 Å². The number of rotatable bonds is 6. The van der Waals surface area contributed by atoms with Crippen molar-refractivity contribution >= 4 is 5.97 Å². The highest BCUT2D eigenvalue weighted by molar-refractivity contribution is 5.75. The van der Waals surface area contributed by atoms with Crippen molar-refractivity contribution in [1.82, 2.24) is 0 Å². The summed E-state index contributed by atoms with van der Waals surface area (Å²) in [6.45, 7) is 1.91. The molecular weight excluding hydrogens is 213 g/mol. The smallest absolute Gasteiger partial charge is 0.425 e. The van der Waals surface area contributed by atoms with E-state index in [4.69, 9.17) is 5.11 Å². The molecule has 0 aromatic heterocycles. The molecule has 0 spiro atoms. The van der Waals surface area contributed by atoms with Gasteiger partial charge in [0.15, 0.2) is 0 Å². The summed E-state index contributed by atoms with van der Waals surface area (Å²) >= 11 is 0. The first-order chi connectivity index (χ1) is 6.89. The van der Waals surface area contributed by atoms with E-state index in [1.54, 1.807) is 0 Å². The number of aliphatic hydroxyl groups is 1. The summed E-state index contributed by atoms with van der Waals surface area (Å²) in [7, 11) is 0. The van der Waals surface area contributed by atoms with E-state index in [0.29, 0.717) is 6.42 Å². The van der Waals surface area contributed by atoms with E-state index in [0.717, 1.165) is 19.3 Å². The molecule has 0 heterocycles. The first-order valence-corrected chi connectivity index (χ1v) is 4.81. The van der Waals surface area contributed by atoms with Gasteiger partial charge < -0.3 is 9.84 Å². The van der Waals surface area contributed by atoms with Crippen LogP contribution in [0.5, 0.6) is 0 Å². The molecule has 1 unspecified atom stereocenters. The summed E-state index contributed by atoms with van der Waals surface area (Å²) < 4.78 is 39.6. The van der Waals surface area contributed by atoms with Crippen LogP contribution in [0.2, 0.25) is 0 Å². The van der Waals surface area contributed by atoms with Crippen LogP contribution in [0.1, 0.15) is 32.6 Å². The maximum absolute atomic E-state index is 11.8. The number of esters is 1. The van der Waals surface area contributed by atoms with Crippen molar-refractivity contribution in [3.63, 3.8) is 0 Å². The molecule has 0 radical (unpaired) electrons. The molecule has 0 aliphatic heterocycles. The molecule has 0 saturated heterocycles. The lowest BCUT2D eigenvalue weighted by molar-refractivity contribution is -0.218. The number of hydrogen-bond donors (Lipinski definition) is 1. The van der Waals surface area contributed by atoms with Gasteiger partial charge in [-0.05, 0) is 6.42 Å². The third-order valence-electron chi connectivity index (χ3n) is 1.78. The molecule has 0 rings (SSSR count). The van der Waals surface area contributed by atoms with Gasteiger partial charge in [0.05, 0.1) is 6.61 Å². The third-order valence-corrected chi connectivity index (χ3v) is 1.78. The minimum atomic E-state index is -4.94. The maximum Gasteiger partial charge on any atom is 0.425 e. The Morgan fingerprint density at radius 2 is 1.93 bits per heavy atom. The second kappa shape index (κ2) is 6.66. The van der Waals surface area contributed by atoms with E-state index in [-0.39, 0.29) is 6.61 Å². The third kappa shape index (κ3) is 6.33. The minimum Gasteiger partial charge on any atom is -0.464 e.